The lowest BCUT2D eigenvalue weighted by Gasteiger charge is -2.07. The van der Waals surface area contributed by atoms with Gasteiger partial charge in [0.1, 0.15) is 17.7 Å². The van der Waals surface area contributed by atoms with Crippen LogP contribution in [0.5, 0.6) is 0 Å². The van der Waals surface area contributed by atoms with Crippen LogP contribution in [0.4, 0.5) is 5.82 Å². The molecule has 140 valence electrons. The van der Waals surface area contributed by atoms with Crippen LogP contribution in [0.3, 0.4) is 0 Å². The van der Waals surface area contributed by atoms with E-state index < -0.39 is 0 Å². The predicted octanol–water partition coefficient (Wildman–Crippen LogP) is 5.28. The van der Waals surface area contributed by atoms with Crippen molar-refractivity contribution < 1.29 is 4.42 Å². The molecule has 0 saturated heterocycles. The molecule has 3 aromatic carbocycles. The van der Waals surface area contributed by atoms with E-state index in [4.69, 9.17) is 4.42 Å². The molecule has 0 saturated carbocycles. The highest BCUT2D eigenvalue weighted by molar-refractivity contribution is 5.88. The summed E-state index contributed by atoms with van der Waals surface area (Å²) in [5.74, 6) is 1.42. The monoisotopic (exact) mass is 378 g/mol. The zero-order valence-corrected chi connectivity index (χ0v) is 15.8. The van der Waals surface area contributed by atoms with Crippen molar-refractivity contribution in [1.29, 1.82) is 0 Å². The van der Waals surface area contributed by atoms with E-state index >= 15 is 0 Å². The molecule has 0 bridgehead atoms. The summed E-state index contributed by atoms with van der Waals surface area (Å²) >= 11 is 0. The molecule has 0 fully saturated rings. The van der Waals surface area contributed by atoms with Crippen molar-refractivity contribution in [1.82, 2.24) is 9.97 Å². The van der Waals surface area contributed by atoms with E-state index in [1.54, 1.807) is 0 Å². The van der Waals surface area contributed by atoms with Gasteiger partial charge >= 0.3 is 0 Å². The number of benzene rings is 3. The van der Waals surface area contributed by atoms with Crippen molar-refractivity contribution >= 4 is 27.7 Å². The number of fused-ring (bicyclic) bond motifs is 2. The Morgan fingerprint density at radius 2 is 1.66 bits per heavy atom. The normalized spacial score (nSPS) is 11.8. The van der Waals surface area contributed by atoms with Gasteiger partial charge in [-0.25, -0.2) is 9.97 Å². The minimum Gasteiger partial charge on any atom is -0.456 e. The Hall–Kier alpha value is -3.99. The first kappa shape index (κ1) is 17.1. The van der Waals surface area contributed by atoms with Crippen molar-refractivity contribution in [2.75, 3.05) is 5.43 Å². The number of hydrogen-bond acceptors (Lipinski definition) is 5. The summed E-state index contributed by atoms with van der Waals surface area (Å²) in [7, 11) is 0. The average Bonchev–Trinajstić information content (AvgIpc) is 2.78. The highest BCUT2D eigenvalue weighted by atomic mass is 16.3. The van der Waals surface area contributed by atoms with E-state index in [0.717, 1.165) is 44.1 Å². The Morgan fingerprint density at radius 3 is 2.55 bits per heavy atom. The van der Waals surface area contributed by atoms with Gasteiger partial charge in [0.15, 0.2) is 5.82 Å². The summed E-state index contributed by atoms with van der Waals surface area (Å²) in [6.45, 7) is 2.06. The number of anilines is 1. The van der Waals surface area contributed by atoms with E-state index in [2.05, 4.69) is 33.5 Å². The third-order valence-electron chi connectivity index (χ3n) is 4.78. The Balaban J connectivity index is 1.69. The number of para-hydroxylation sites is 1. The lowest BCUT2D eigenvalue weighted by Crippen LogP contribution is -2.08. The third kappa shape index (κ3) is 3.34. The van der Waals surface area contributed by atoms with Crippen LogP contribution in [0.2, 0.25) is 0 Å². The molecule has 0 aliphatic heterocycles. The Morgan fingerprint density at radius 1 is 0.828 bits per heavy atom. The maximum absolute atomic E-state index is 6.15. The molecule has 0 aliphatic carbocycles. The third-order valence-corrected chi connectivity index (χ3v) is 4.78. The fraction of sp³-hybridized carbons (Fsp3) is 0.0417. The van der Waals surface area contributed by atoms with Gasteiger partial charge in [-0.15, -0.1) is 0 Å². The molecule has 0 atom stereocenters. The number of aromatic nitrogens is 2. The maximum Gasteiger partial charge on any atom is 0.157 e. The van der Waals surface area contributed by atoms with Crippen LogP contribution in [0.25, 0.3) is 33.2 Å². The highest BCUT2D eigenvalue weighted by Gasteiger charge is 2.07. The number of rotatable bonds is 3. The second-order valence-corrected chi connectivity index (χ2v) is 6.82. The van der Waals surface area contributed by atoms with Gasteiger partial charge in [0.05, 0.1) is 10.9 Å². The van der Waals surface area contributed by atoms with Crippen LogP contribution in [0, 0.1) is 6.92 Å². The smallest absolute Gasteiger partial charge is 0.157 e. The van der Waals surface area contributed by atoms with Gasteiger partial charge in [0.2, 0.25) is 0 Å². The molecule has 0 aliphatic rings. The molecule has 5 aromatic rings. The molecular formula is C24H18N4O. The second kappa shape index (κ2) is 7.20. The first-order chi connectivity index (χ1) is 14.3. The lowest BCUT2D eigenvalue weighted by atomic mass is 10.1. The van der Waals surface area contributed by atoms with Crippen molar-refractivity contribution in [2.45, 2.75) is 6.92 Å². The summed E-state index contributed by atoms with van der Waals surface area (Å²) in [5, 5.41) is 7.33. The first-order valence-corrected chi connectivity index (χ1v) is 9.37. The topological polar surface area (TPSA) is 63.3 Å². The number of nitrogens with zero attached hydrogens (tertiary/aromatic N) is 3. The molecule has 5 nitrogen and oxygen atoms in total. The van der Waals surface area contributed by atoms with Crippen LogP contribution in [-0.4, -0.2) is 9.97 Å². The second-order valence-electron chi connectivity index (χ2n) is 6.82. The van der Waals surface area contributed by atoms with Crippen LogP contribution in [0.1, 0.15) is 5.56 Å². The quantitative estimate of drug-likeness (QED) is 0.434. The van der Waals surface area contributed by atoms with Crippen molar-refractivity contribution in [3.63, 3.8) is 0 Å². The summed E-state index contributed by atoms with van der Waals surface area (Å²) in [6.07, 6.45) is 1.54. The zero-order valence-electron chi connectivity index (χ0n) is 15.8. The van der Waals surface area contributed by atoms with E-state index in [-0.39, 0.29) is 0 Å². The molecule has 2 heterocycles. The average molecular weight is 378 g/mol. The van der Waals surface area contributed by atoms with Crippen molar-refractivity contribution in [3.8, 4) is 11.3 Å². The molecule has 2 aromatic heterocycles. The van der Waals surface area contributed by atoms with Crippen molar-refractivity contribution in [2.24, 2.45) is 5.10 Å². The van der Waals surface area contributed by atoms with E-state index in [1.165, 1.54) is 6.33 Å². The molecule has 1 N–H and O–H groups in total. The molecule has 0 unspecified atom stereocenters. The lowest BCUT2D eigenvalue weighted by molar-refractivity contribution is 0.618. The minimum atomic E-state index is 0.665. The highest BCUT2D eigenvalue weighted by Crippen LogP contribution is 2.23. The van der Waals surface area contributed by atoms with Gasteiger partial charge in [-0.1, -0.05) is 54.1 Å². The molecule has 0 radical (unpaired) electrons. The molecule has 0 spiro atoms. The van der Waals surface area contributed by atoms with Gasteiger partial charge < -0.3 is 4.42 Å². The maximum atomic E-state index is 6.15. The zero-order chi connectivity index (χ0) is 19.6. The minimum absolute atomic E-state index is 0.665. The molecule has 0 amide bonds. The standard InChI is InChI=1S/C24H18N4O/c1-16-11-12-22-19(13-16)21(14-23(29-22)17-7-3-2-4-8-17)27-28-24-18-9-5-6-10-20(18)25-15-26-24/h2-15H,1H3,(H,25,26,28)/b27-21+. The Labute approximate surface area is 167 Å². The molecular weight excluding hydrogens is 360 g/mol. The molecule has 5 rings (SSSR count). The predicted molar refractivity (Wildman–Crippen MR) is 115 cm³/mol. The fourth-order valence-corrected chi connectivity index (χ4v) is 3.33. The first-order valence-electron chi connectivity index (χ1n) is 9.37. The number of aryl methyl sites for hydroxylation is 1. The number of nitrogens with one attached hydrogen (secondary N) is 1. The summed E-state index contributed by atoms with van der Waals surface area (Å²) in [5.41, 5.74) is 6.92. The van der Waals surface area contributed by atoms with Crippen LogP contribution >= 0.6 is 0 Å². The van der Waals surface area contributed by atoms with Crippen molar-refractivity contribution in [3.05, 3.63) is 96.1 Å². The van der Waals surface area contributed by atoms with E-state index in [9.17, 15) is 0 Å². The Bertz CT molecular complexity index is 1390. The Kier molecular flexibility index (Phi) is 4.26. The number of hydrogen-bond donors (Lipinski definition) is 1. The molecule has 5 heteroatoms. The van der Waals surface area contributed by atoms with Gasteiger partial charge in [-0.05, 0) is 31.2 Å². The van der Waals surface area contributed by atoms with Gasteiger partial charge in [0.25, 0.3) is 0 Å². The largest absolute Gasteiger partial charge is 0.456 e. The molecule has 29 heavy (non-hydrogen) atoms. The SMILES string of the molecule is Cc1ccc2oc(-c3ccccc3)c/c(=N\Nc3ncnc4ccccc34)c2c1. The summed E-state index contributed by atoms with van der Waals surface area (Å²) in [6, 6.07) is 25.9. The van der Waals surface area contributed by atoms with Gasteiger partial charge in [-0.3, -0.25) is 5.43 Å². The van der Waals surface area contributed by atoms with Gasteiger partial charge in [0, 0.05) is 22.4 Å². The van der Waals surface area contributed by atoms with Crippen LogP contribution < -0.4 is 10.8 Å². The van der Waals surface area contributed by atoms with E-state index in [1.807, 2.05) is 72.8 Å². The summed E-state index contributed by atoms with van der Waals surface area (Å²) < 4.78 is 6.15. The van der Waals surface area contributed by atoms with Gasteiger partial charge in [-0.2, -0.15) is 5.10 Å². The van der Waals surface area contributed by atoms with Crippen LogP contribution in [0.15, 0.2) is 94.7 Å². The summed E-state index contributed by atoms with van der Waals surface area (Å²) in [4.78, 5) is 8.67. The fourth-order valence-electron chi connectivity index (χ4n) is 3.33. The van der Waals surface area contributed by atoms with Crippen LogP contribution in [-0.2, 0) is 0 Å². The van der Waals surface area contributed by atoms with E-state index in [0.29, 0.717) is 5.82 Å².